The summed E-state index contributed by atoms with van der Waals surface area (Å²) in [6, 6.07) is 1.91. The lowest BCUT2D eigenvalue weighted by Gasteiger charge is -2.37. The summed E-state index contributed by atoms with van der Waals surface area (Å²) in [6.45, 7) is 3.37. The van der Waals surface area contributed by atoms with Gasteiger partial charge in [0.15, 0.2) is 17.3 Å². The van der Waals surface area contributed by atoms with Crippen molar-refractivity contribution in [3.05, 3.63) is 29.7 Å². The zero-order chi connectivity index (χ0) is 18.1. The second kappa shape index (κ2) is 7.20. The van der Waals surface area contributed by atoms with Gasteiger partial charge in [0.1, 0.15) is 11.7 Å². The molecule has 0 spiro atoms. The molecule has 2 aromatic rings. The smallest absolute Gasteiger partial charge is 0.245 e. The lowest BCUT2D eigenvalue weighted by atomic mass is 10.1. The maximum absolute atomic E-state index is 5.57. The van der Waals surface area contributed by atoms with Gasteiger partial charge < -0.3 is 14.0 Å². The van der Waals surface area contributed by atoms with Gasteiger partial charge in [0.2, 0.25) is 5.89 Å². The molecule has 0 amide bonds. The van der Waals surface area contributed by atoms with Crippen LogP contribution in [0.1, 0.15) is 42.2 Å². The van der Waals surface area contributed by atoms with E-state index in [1.807, 2.05) is 6.07 Å². The average molecular weight is 359 g/mol. The minimum absolute atomic E-state index is 0.0975. The van der Waals surface area contributed by atoms with Crippen molar-refractivity contribution in [3.63, 3.8) is 0 Å². The van der Waals surface area contributed by atoms with E-state index in [4.69, 9.17) is 14.0 Å². The Labute approximate surface area is 153 Å². The summed E-state index contributed by atoms with van der Waals surface area (Å²) in [6.07, 6.45) is 4.10. The first-order chi connectivity index (χ1) is 12.7. The highest BCUT2D eigenvalue weighted by atomic mass is 16.5. The highest BCUT2D eigenvalue weighted by Gasteiger charge is 2.34. The molecular formula is C18H25N5O3. The van der Waals surface area contributed by atoms with Gasteiger partial charge in [-0.3, -0.25) is 14.8 Å². The number of pyridine rings is 1. The predicted molar refractivity (Wildman–Crippen MR) is 94.3 cm³/mol. The number of piperazine rings is 1. The fourth-order valence-corrected chi connectivity index (χ4v) is 3.41. The van der Waals surface area contributed by atoms with Crippen molar-refractivity contribution < 1.29 is 14.0 Å². The molecule has 140 valence electrons. The zero-order valence-corrected chi connectivity index (χ0v) is 15.5. The lowest BCUT2D eigenvalue weighted by Crippen LogP contribution is -2.46. The summed E-state index contributed by atoms with van der Waals surface area (Å²) in [5, 5.41) is 4.17. The van der Waals surface area contributed by atoms with Crippen molar-refractivity contribution in [2.24, 2.45) is 0 Å². The molecule has 26 heavy (non-hydrogen) atoms. The molecule has 1 aliphatic heterocycles. The van der Waals surface area contributed by atoms with Crippen LogP contribution < -0.4 is 9.47 Å². The Kier molecular flexibility index (Phi) is 4.78. The molecule has 3 heterocycles. The fourth-order valence-electron chi connectivity index (χ4n) is 3.41. The van der Waals surface area contributed by atoms with Gasteiger partial charge in [0.05, 0.1) is 14.2 Å². The van der Waals surface area contributed by atoms with Gasteiger partial charge in [-0.2, -0.15) is 4.98 Å². The number of hydrogen-bond acceptors (Lipinski definition) is 8. The predicted octanol–water partition coefficient (Wildman–Crippen LogP) is 1.85. The summed E-state index contributed by atoms with van der Waals surface area (Å²) in [5.41, 5.74) is 0.874. The van der Waals surface area contributed by atoms with E-state index in [1.165, 1.54) is 12.8 Å². The second-order valence-electron chi connectivity index (χ2n) is 6.99. The maximum Gasteiger partial charge on any atom is 0.245 e. The van der Waals surface area contributed by atoms with E-state index in [-0.39, 0.29) is 6.04 Å². The lowest BCUT2D eigenvalue weighted by molar-refractivity contribution is 0.0701. The molecule has 0 bridgehead atoms. The number of aromatic nitrogens is 3. The summed E-state index contributed by atoms with van der Waals surface area (Å²) in [7, 11) is 5.39. The topological polar surface area (TPSA) is 76.8 Å². The molecule has 2 aromatic heterocycles. The molecule has 0 unspecified atom stereocenters. The van der Waals surface area contributed by atoms with Crippen LogP contribution in [0.4, 0.5) is 0 Å². The normalized spacial score (nSPS) is 21.7. The monoisotopic (exact) mass is 359 g/mol. The van der Waals surface area contributed by atoms with Crippen LogP contribution >= 0.6 is 0 Å². The van der Waals surface area contributed by atoms with E-state index in [0.29, 0.717) is 29.9 Å². The van der Waals surface area contributed by atoms with Crippen molar-refractivity contribution in [2.45, 2.75) is 31.3 Å². The Morgan fingerprint density at radius 2 is 2.08 bits per heavy atom. The van der Waals surface area contributed by atoms with Gasteiger partial charge in [-0.1, -0.05) is 5.16 Å². The Morgan fingerprint density at radius 1 is 1.23 bits per heavy atom. The summed E-state index contributed by atoms with van der Waals surface area (Å²) in [4.78, 5) is 13.8. The van der Waals surface area contributed by atoms with Crippen molar-refractivity contribution in [3.8, 4) is 11.5 Å². The van der Waals surface area contributed by atoms with Crippen LogP contribution in [0, 0.1) is 0 Å². The van der Waals surface area contributed by atoms with E-state index in [9.17, 15) is 0 Å². The van der Waals surface area contributed by atoms with E-state index >= 15 is 0 Å². The molecule has 1 saturated carbocycles. The molecule has 8 nitrogen and oxygen atoms in total. The summed E-state index contributed by atoms with van der Waals surface area (Å²) >= 11 is 0. The SMILES string of the molecule is COc1ccnc(CN2CCN(C)[C@@H](c3nc(C4CC4)no3)C2)c1OC. The molecule has 4 rings (SSSR count). The first kappa shape index (κ1) is 17.2. The van der Waals surface area contributed by atoms with Crippen molar-refractivity contribution in [2.75, 3.05) is 40.9 Å². The molecule has 0 N–H and O–H groups in total. The minimum atomic E-state index is 0.0975. The van der Waals surface area contributed by atoms with Gasteiger partial charge in [0, 0.05) is 44.4 Å². The second-order valence-corrected chi connectivity index (χ2v) is 6.99. The number of hydrogen-bond donors (Lipinski definition) is 0. The standard InChI is InChI=1S/C18H25N5O3/c1-22-8-9-23(10-13-16(25-3)15(24-2)6-7-19-13)11-14(22)18-20-17(21-26-18)12-4-5-12/h6-7,12,14H,4-5,8-11H2,1-3H3/t14-/m1/s1. The Morgan fingerprint density at radius 3 is 2.81 bits per heavy atom. The van der Waals surface area contributed by atoms with Crippen LogP contribution in [0.3, 0.4) is 0 Å². The Hall–Kier alpha value is -2.19. The van der Waals surface area contributed by atoms with Gasteiger partial charge in [-0.15, -0.1) is 0 Å². The molecule has 1 aliphatic carbocycles. The van der Waals surface area contributed by atoms with Crippen LogP contribution in [0.25, 0.3) is 0 Å². The molecule has 1 saturated heterocycles. The van der Waals surface area contributed by atoms with Gasteiger partial charge in [-0.05, 0) is 19.9 Å². The van der Waals surface area contributed by atoms with Crippen LogP contribution in [-0.2, 0) is 6.54 Å². The van der Waals surface area contributed by atoms with Crippen molar-refractivity contribution in [1.29, 1.82) is 0 Å². The average Bonchev–Trinajstić information content (AvgIpc) is 3.40. The largest absolute Gasteiger partial charge is 0.493 e. The highest BCUT2D eigenvalue weighted by molar-refractivity contribution is 5.42. The maximum atomic E-state index is 5.57. The molecule has 2 fully saturated rings. The van der Waals surface area contributed by atoms with Gasteiger partial charge in [0.25, 0.3) is 0 Å². The molecule has 1 atom stereocenters. The van der Waals surface area contributed by atoms with E-state index in [1.54, 1.807) is 20.4 Å². The third kappa shape index (κ3) is 3.39. The highest BCUT2D eigenvalue weighted by Crippen LogP contribution is 2.39. The molecule has 8 heteroatoms. The molecular weight excluding hydrogens is 334 g/mol. The first-order valence-corrected chi connectivity index (χ1v) is 9.01. The van der Waals surface area contributed by atoms with Crippen LogP contribution in [0.5, 0.6) is 11.5 Å². The summed E-state index contributed by atoms with van der Waals surface area (Å²) in [5.74, 6) is 3.47. The number of ether oxygens (including phenoxy) is 2. The van der Waals surface area contributed by atoms with E-state index < -0.39 is 0 Å². The minimum Gasteiger partial charge on any atom is -0.493 e. The number of nitrogens with zero attached hydrogens (tertiary/aromatic N) is 5. The number of methoxy groups -OCH3 is 2. The molecule has 0 radical (unpaired) electrons. The quantitative estimate of drug-likeness (QED) is 0.773. The van der Waals surface area contributed by atoms with E-state index in [2.05, 4.69) is 32.0 Å². The Bertz CT molecular complexity index is 761. The van der Waals surface area contributed by atoms with Gasteiger partial charge >= 0.3 is 0 Å². The van der Waals surface area contributed by atoms with Crippen LogP contribution in [0.2, 0.25) is 0 Å². The Balaban J connectivity index is 1.49. The number of rotatable bonds is 6. The van der Waals surface area contributed by atoms with Gasteiger partial charge in [-0.25, -0.2) is 0 Å². The fraction of sp³-hybridized carbons (Fsp3) is 0.611. The van der Waals surface area contributed by atoms with Crippen molar-refractivity contribution in [1.82, 2.24) is 24.9 Å². The van der Waals surface area contributed by atoms with Crippen molar-refractivity contribution >= 4 is 0 Å². The molecule has 0 aromatic carbocycles. The van der Waals surface area contributed by atoms with E-state index in [0.717, 1.165) is 31.2 Å². The number of likely N-dealkylation sites (N-methyl/N-ethyl adjacent to an activating group) is 1. The first-order valence-electron chi connectivity index (χ1n) is 9.01. The van der Waals surface area contributed by atoms with Crippen LogP contribution in [0.15, 0.2) is 16.8 Å². The van der Waals surface area contributed by atoms with Crippen LogP contribution in [-0.4, -0.2) is 65.8 Å². The zero-order valence-electron chi connectivity index (χ0n) is 15.5. The third-order valence-corrected chi connectivity index (χ3v) is 5.16. The molecule has 2 aliphatic rings. The summed E-state index contributed by atoms with van der Waals surface area (Å²) < 4.78 is 16.5. The third-order valence-electron chi connectivity index (χ3n) is 5.16.